The van der Waals surface area contributed by atoms with E-state index < -0.39 is 11.6 Å². The minimum Gasteiger partial charge on any atom is -0.331 e. The number of nitrogens with zero attached hydrogens (tertiary/aromatic N) is 3. The van der Waals surface area contributed by atoms with Crippen LogP contribution in [0.1, 0.15) is 43.5 Å². The molecular formula is C30H30F2N4O2. The minimum atomic E-state index is -0.537. The number of carbonyl (C=O) groups is 2. The number of amides is 2. The Kier molecular flexibility index (Phi) is 8.47. The third kappa shape index (κ3) is 7.00. The Labute approximate surface area is 221 Å². The summed E-state index contributed by atoms with van der Waals surface area (Å²) >= 11 is 0. The molecule has 8 heteroatoms. The van der Waals surface area contributed by atoms with Gasteiger partial charge in [-0.15, -0.1) is 0 Å². The highest BCUT2D eigenvalue weighted by molar-refractivity contribution is 5.92. The van der Waals surface area contributed by atoms with Crippen LogP contribution in [-0.4, -0.2) is 39.8 Å². The van der Waals surface area contributed by atoms with E-state index in [4.69, 9.17) is 0 Å². The summed E-state index contributed by atoms with van der Waals surface area (Å²) in [5.74, 6) is 5.74. The van der Waals surface area contributed by atoms with Gasteiger partial charge in [-0.3, -0.25) is 14.6 Å². The topological polar surface area (TPSA) is 75.2 Å². The van der Waals surface area contributed by atoms with Crippen LogP contribution in [0.2, 0.25) is 0 Å². The lowest BCUT2D eigenvalue weighted by Crippen LogP contribution is -2.45. The van der Waals surface area contributed by atoms with Gasteiger partial charge in [0.15, 0.2) is 0 Å². The summed E-state index contributed by atoms with van der Waals surface area (Å²) in [5.41, 5.74) is 2.55. The van der Waals surface area contributed by atoms with Crippen molar-refractivity contribution in [3.05, 3.63) is 89.4 Å². The van der Waals surface area contributed by atoms with Gasteiger partial charge >= 0.3 is 0 Å². The average molecular weight is 517 g/mol. The first-order chi connectivity index (χ1) is 18.2. The van der Waals surface area contributed by atoms with Crippen molar-refractivity contribution in [2.24, 2.45) is 11.3 Å². The van der Waals surface area contributed by atoms with Crippen LogP contribution in [0.15, 0.2) is 60.9 Å². The summed E-state index contributed by atoms with van der Waals surface area (Å²) < 4.78 is 23.9. The van der Waals surface area contributed by atoms with Crippen molar-refractivity contribution in [1.82, 2.24) is 14.9 Å². The number of nitrogens with one attached hydrogen (secondary N) is 1. The predicted octanol–water partition coefficient (Wildman–Crippen LogP) is 4.80. The van der Waals surface area contributed by atoms with Gasteiger partial charge in [-0.1, -0.05) is 37.8 Å². The molecule has 1 aromatic carbocycles. The number of benzene rings is 1. The molecule has 2 aliphatic rings. The van der Waals surface area contributed by atoms with Crippen LogP contribution in [-0.2, 0) is 22.4 Å². The zero-order valence-electron chi connectivity index (χ0n) is 21.5. The third-order valence-corrected chi connectivity index (χ3v) is 6.64. The highest BCUT2D eigenvalue weighted by Crippen LogP contribution is 2.30. The van der Waals surface area contributed by atoms with Crippen LogP contribution in [0.3, 0.4) is 0 Å². The van der Waals surface area contributed by atoms with Crippen molar-refractivity contribution in [2.75, 3.05) is 18.4 Å². The number of piperidine rings is 1. The summed E-state index contributed by atoms with van der Waals surface area (Å²) in [7, 11) is 0. The smallest absolute Gasteiger partial charge is 0.229 e. The second-order valence-corrected chi connectivity index (χ2v) is 10.1. The van der Waals surface area contributed by atoms with Gasteiger partial charge in [-0.25, -0.2) is 13.8 Å². The molecule has 1 N–H and O–H groups in total. The highest BCUT2D eigenvalue weighted by Gasteiger charge is 2.35. The molecular weight excluding hydrogens is 486 g/mol. The summed E-state index contributed by atoms with van der Waals surface area (Å²) in [6.45, 7) is 5.21. The summed E-state index contributed by atoms with van der Waals surface area (Å²) in [5, 5.41) is 2.87. The molecule has 0 radical (unpaired) electrons. The first kappa shape index (κ1) is 26.9. The minimum absolute atomic E-state index is 0.0365. The molecule has 0 saturated carbocycles. The molecule has 6 nitrogen and oxygen atoms in total. The van der Waals surface area contributed by atoms with Crippen LogP contribution >= 0.6 is 0 Å². The van der Waals surface area contributed by atoms with E-state index in [2.05, 4.69) is 27.1 Å². The fraction of sp³-hybridized carbons (Fsp3) is 0.333. The van der Waals surface area contributed by atoms with Crippen molar-refractivity contribution in [1.29, 1.82) is 0 Å². The molecule has 3 aromatic rings. The average Bonchev–Trinajstić information content (AvgIpc) is 3.31. The van der Waals surface area contributed by atoms with E-state index in [0.29, 0.717) is 25.2 Å². The van der Waals surface area contributed by atoms with Crippen molar-refractivity contribution < 1.29 is 18.4 Å². The van der Waals surface area contributed by atoms with E-state index in [9.17, 15) is 18.4 Å². The van der Waals surface area contributed by atoms with Crippen LogP contribution in [0.5, 0.6) is 0 Å². The van der Waals surface area contributed by atoms with E-state index in [1.807, 2.05) is 36.9 Å². The molecule has 0 bridgehead atoms. The summed E-state index contributed by atoms with van der Waals surface area (Å²) in [4.78, 5) is 35.5. The Balaban J connectivity index is 0.000000360. The maximum Gasteiger partial charge on any atom is 0.229 e. The van der Waals surface area contributed by atoms with Gasteiger partial charge in [-0.2, -0.15) is 0 Å². The number of hydrogen-bond donors (Lipinski definition) is 1. The molecule has 1 fully saturated rings. The van der Waals surface area contributed by atoms with Gasteiger partial charge in [0.25, 0.3) is 0 Å². The SMILES string of the molecule is CC1(C)CCCN(CC#Cc2cnc3c(c2)CC(C(=O)Nc2ccccn2)C3)C1=O.Fc1cccc(F)c1. The largest absolute Gasteiger partial charge is 0.331 e. The van der Waals surface area contributed by atoms with E-state index in [1.165, 1.54) is 18.2 Å². The van der Waals surface area contributed by atoms with Gasteiger partial charge < -0.3 is 10.2 Å². The first-order valence-corrected chi connectivity index (χ1v) is 12.6. The lowest BCUT2D eigenvalue weighted by molar-refractivity contribution is -0.143. The Hall–Kier alpha value is -4.12. The van der Waals surface area contributed by atoms with Gasteiger partial charge in [0.1, 0.15) is 17.5 Å². The number of fused-ring (bicyclic) bond motifs is 1. The lowest BCUT2D eigenvalue weighted by atomic mass is 9.83. The first-order valence-electron chi connectivity index (χ1n) is 12.6. The van der Waals surface area contributed by atoms with Crippen LogP contribution in [0.4, 0.5) is 14.6 Å². The van der Waals surface area contributed by atoms with Gasteiger partial charge in [-0.05, 0) is 55.2 Å². The highest BCUT2D eigenvalue weighted by atomic mass is 19.1. The van der Waals surface area contributed by atoms with Crippen molar-refractivity contribution >= 4 is 17.6 Å². The molecule has 196 valence electrons. The Morgan fingerprint density at radius 2 is 1.89 bits per heavy atom. The number of aromatic nitrogens is 2. The number of rotatable bonds is 3. The molecule has 0 spiro atoms. The van der Waals surface area contributed by atoms with Gasteiger partial charge in [0.05, 0.1) is 6.54 Å². The standard InChI is InChI=1S/C24H26N4O2.C6H4F2/c1-24(2)9-6-12-28(23(24)30)11-5-7-17-13-18-14-19(15-20(18)26-16-17)22(29)27-21-8-3-4-10-25-21;7-5-2-1-3-6(8)4-5/h3-4,8,10,13,16,19H,6,9,11-12,14-15H2,1-2H3,(H,25,27,29);1-4H. The molecule has 38 heavy (non-hydrogen) atoms. The fourth-order valence-corrected chi connectivity index (χ4v) is 4.59. The molecule has 2 amide bonds. The van der Waals surface area contributed by atoms with E-state index in [0.717, 1.165) is 42.3 Å². The predicted molar refractivity (Wildman–Crippen MR) is 141 cm³/mol. The second-order valence-electron chi connectivity index (χ2n) is 10.1. The van der Waals surface area contributed by atoms with Gasteiger partial charge in [0, 0.05) is 54.0 Å². The fourth-order valence-electron chi connectivity index (χ4n) is 4.59. The van der Waals surface area contributed by atoms with Crippen LogP contribution < -0.4 is 5.32 Å². The Bertz CT molecular complexity index is 1350. The van der Waals surface area contributed by atoms with E-state index >= 15 is 0 Å². The number of carbonyl (C=O) groups excluding carboxylic acids is 2. The maximum atomic E-state index is 12.6. The quantitative estimate of drug-likeness (QED) is 0.508. The van der Waals surface area contributed by atoms with Crippen LogP contribution in [0.25, 0.3) is 0 Å². The normalized spacial score (nSPS) is 17.4. The second kappa shape index (κ2) is 12.0. The Morgan fingerprint density at radius 1 is 1.11 bits per heavy atom. The summed E-state index contributed by atoms with van der Waals surface area (Å²) in [6, 6.07) is 12.0. The van der Waals surface area contributed by atoms with Gasteiger partial charge in [0.2, 0.25) is 11.8 Å². The number of anilines is 1. The van der Waals surface area contributed by atoms with Crippen molar-refractivity contribution in [2.45, 2.75) is 39.5 Å². The van der Waals surface area contributed by atoms with Crippen molar-refractivity contribution in [3.8, 4) is 11.8 Å². The number of hydrogen-bond acceptors (Lipinski definition) is 4. The number of pyridine rings is 2. The molecule has 3 heterocycles. The molecule has 1 saturated heterocycles. The molecule has 1 aliphatic heterocycles. The summed E-state index contributed by atoms with van der Waals surface area (Å²) in [6.07, 6.45) is 6.63. The molecule has 1 aliphatic carbocycles. The monoisotopic (exact) mass is 516 g/mol. The molecule has 1 unspecified atom stereocenters. The van der Waals surface area contributed by atoms with Crippen LogP contribution in [0, 0.1) is 34.8 Å². The van der Waals surface area contributed by atoms with E-state index in [1.54, 1.807) is 18.5 Å². The zero-order valence-corrected chi connectivity index (χ0v) is 21.5. The molecule has 1 atom stereocenters. The number of likely N-dealkylation sites (tertiary alicyclic amines) is 1. The Morgan fingerprint density at radius 3 is 2.58 bits per heavy atom. The number of halogens is 2. The van der Waals surface area contributed by atoms with E-state index in [-0.39, 0.29) is 23.1 Å². The molecule has 5 rings (SSSR count). The maximum absolute atomic E-state index is 12.6. The van der Waals surface area contributed by atoms with Crippen molar-refractivity contribution in [3.63, 3.8) is 0 Å². The lowest BCUT2D eigenvalue weighted by Gasteiger charge is -2.36. The molecule has 2 aromatic heterocycles. The zero-order chi connectivity index (χ0) is 27.1. The third-order valence-electron chi connectivity index (χ3n) is 6.64.